The van der Waals surface area contributed by atoms with Crippen molar-refractivity contribution in [3.63, 3.8) is 0 Å². The Balaban J connectivity index is 1.79. The Kier molecular flexibility index (Phi) is 5.93. The van der Waals surface area contributed by atoms with Gasteiger partial charge < -0.3 is 15.7 Å². The van der Waals surface area contributed by atoms with Gasteiger partial charge in [0, 0.05) is 27.7 Å². The smallest absolute Gasteiger partial charge is 0.364 e. The lowest BCUT2D eigenvalue weighted by molar-refractivity contribution is -0.00438. The fourth-order valence-corrected chi connectivity index (χ4v) is 5.24. The number of carbonyl (C=O) groups is 1. The molecule has 0 bridgehead atoms. The number of fused-ring (bicyclic) bond motifs is 1. The van der Waals surface area contributed by atoms with Crippen molar-refractivity contribution in [2.24, 2.45) is 0 Å². The molecule has 0 unspecified atom stereocenters. The second-order valence-corrected chi connectivity index (χ2v) is 9.54. The van der Waals surface area contributed by atoms with Crippen molar-refractivity contribution in [3.8, 4) is 11.5 Å². The van der Waals surface area contributed by atoms with Crippen molar-refractivity contribution in [2.45, 2.75) is 12.3 Å². The van der Waals surface area contributed by atoms with Gasteiger partial charge in [-0.1, -0.05) is 60.7 Å². The summed E-state index contributed by atoms with van der Waals surface area (Å²) in [5.74, 6) is -0.821. The minimum absolute atomic E-state index is 0.0594. The summed E-state index contributed by atoms with van der Waals surface area (Å²) in [4.78, 5) is 15.0. The number of hydrogen-bond donors (Lipinski definition) is 2. The van der Waals surface area contributed by atoms with E-state index in [-0.39, 0.29) is 27.5 Å². The summed E-state index contributed by atoms with van der Waals surface area (Å²) in [7, 11) is -4.48. The average Bonchev–Trinajstić information content (AvgIpc) is 2.83. The fourth-order valence-electron chi connectivity index (χ4n) is 4.02. The zero-order chi connectivity index (χ0) is 24.5. The number of hydrogen-bond acceptors (Lipinski definition) is 6. The van der Waals surface area contributed by atoms with Crippen LogP contribution in [-0.2, 0) is 19.7 Å². The van der Waals surface area contributed by atoms with Gasteiger partial charge >= 0.3 is 5.71 Å². The van der Waals surface area contributed by atoms with Gasteiger partial charge in [0.2, 0.25) is 0 Å². The summed E-state index contributed by atoms with van der Waals surface area (Å²) in [5.41, 5.74) is 8.37. The summed E-state index contributed by atoms with van der Waals surface area (Å²) in [6.45, 7) is 1.16. The van der Waals surface area contributed by atoms with Gasteiger partial charge in [0.25, 0.3) is 15.9 Å². The molecule has 9 heteroatoms. The Morgan fingerprint density at radius 3 is 1.91 bits per heavy atom. The third-order valence-electron chi connectivity index (χ3n) is 5.81. The van der Waals surface area contributed by atoms with E-state index >= 15 is 0 Å². The first-order valence-electron chi connectivity index (χ1n) is 10.2. The number of para-hydroxylation sites is 2. The molecule has 172 valence electrons. The monoisotopic (exact) mass is 476 g/mol. The molecule has 0 radical (unpaired) electrons. The molecule has 0 saturated carbocycles. The molecule has 0 heterocycles. The van der Waals surface area contributed by atoms with Crippen LogP contribution in [0.5, 0.6) is 11.5 Å². The lowest BCUT2D eigenvalue weighted by Crippen LogP contribution is -2.32. The number of phenols is 2. The van der Waals surface area contributed by atoms with E-state index in [0.29, 0.717) is 11.1 Å². The second kappa shape index (κ2) is 8.72. The molecule has 3 aromatic carbocycles. The zero-order valence-corrected chi connectivity index (χ0v) is 18.9. The molecule has 0 aliphatic heterocycles. The first-order valence-corrected chi connectivity index (χ1v) is 11.6. The number of rotatable bonds is 6. The third kappa shape index (κ3) is 3.92. The van der Waals surface area contributed by atoms with Crippen LogP contribution in [0.4, 0.5) is 0 Å². The number of aromatic hydroxyl groups is 2. The highest BCUT2D eigenvalue weighted by Crippen LogP contribution is 2.42. The standard InChI is InChI=1S/C25H20N2O6S/c1-25(18-10-4-6-12-21(18)28,19-11-5-7-13-22(19)29)15-33-34(31,32)23-14-20(27-26)24(30)17-9-3-2-8-16(17)23/h2-14,28-29H,15H2,1H3. The summed E-state index contributed by atoms with van der Waals surface area (Å²) < 4.78 is 32.1. The predicted molar refractivity (Wildman–Crippen MR) is 125 cm³/mol. The van der Waals surface area contributed by atoms with E-state index in [1.54, 1.807) is 55.5 Å². The van der Waals surface area contributed by atoms with Gasteiger partial charge in [0.1, 0.15) is 16.4 Å². The Morgan fingerprint density at radius 1 is 0.882 bits per heavy atom. The van der Waals surface area contributed by atoms with E-state index in [2.05, 4.69) is 4.79 Å². The number of allylic oxidation sites excluding steroid dienone is 1. The van der Waals surface area contributed by atoms with Gasteiger partial charge in [-0.15, -0.1) is 0 Å². The third-order valence-corrected chi connectivity index (χ3v) is 7.12. The molecule has 0 saturated heterocycles. The van der Waals surface area contributed by atoms with Crippen molar-refractivity contribution < 1.29 is 32.4 Å². The Morgan fingerprint density at radius 2 is 1.38 bits per heavy atom. The lowest BCUT2D eigenvalue weighted by Gasteiger charge is -2.31. The van der Waals surface area contributed by atoms with Crippen LogP contribution in [0.1, 0.15) is 34.0 Å². The molecule has 0 aromatic heterocycles. The Bertz CT molecular complexity index is 1440. The molecule has 2 N–H and O–H groups in total. The minimum Gasteiger partial charge on any atom is -0.508 e. The molecular formula is C25H20N2O6S. The van der Waals surface area contributed by atoms with Gasteiger partial charge in [0.05, 0.1) is 12.7 Å². The number of Topliss-reactive ketones (excluding diaryl/α,β-unsaturated/α-hetero) is 1. The van der Waals surface area contributed by atoms with Gasteiger partial charge in [-0.25, -0.2) is 0 Å². The van der Waals surface area contributed by atoms with E-state index < -0.39 is 33.6 Å². The number of phenolic OH excluding ortho intramolecular Hbond substituents is 2. The lowest BCUT2D eigenvalue weighted by atomic mass is 9.76. The van der Waals surface area contributed by atoms with E-state index in [9.17, 15) is 29.0 Å². The molecule has 0 spiro atoms. The van der Waals surface area contributed by atoms with Gasteiger partial charge in [0.15, 0.2) is 0 Å². The van der Waals surface area contributed by atoms with Crippen LogP contribution in [0.25, 0.3) is 10.4 Å². The van der Waals surface area contributed by atoms with Gasteiger partial charge in [-0.05, 0) is 19.1 Å². The first-order chi connectivity index (χ1) is 16.2. The highest BCUT2D eigenvalue weighted by Gasteiger charge is 2.39. The van der Waals surface area contributed by atoms with Crippen LogP contribution in [0.2, 0.25) is 0 Å². The molecule has 0 fully saturated rings. The maximum Gasteiger partial charge on any atom is 0.364 e. The van der Waals surface area contributed by atoms with E-state index in [1.165, 1.54) is 24.3 Å². The number of nitrogens with zero attached hydrogens (tertiary/aromatic N) is 2. The number of ketones is 1. The van der Waals surface area contributed by atoms with Crippen LogP contribution in [-0.4, -0.2) is 41.5 Å². The topological polar surface area (TPSA) is 137 Å². The molecule has 1 aliphatic rings. The summed E-state index contributed by atoms with van der Waals surface area (Å²) in [5, 5.41) is 21.0. The summed E-state index contributed by atoms with van der Waals surface area (Å²) in [6, 6.07) is 18.8. The van der Waals surface area contributed by atoms with E-state index in [4.69, 9.17) is 4.18 Å². The zero-order valence-electron chi connectivity index (χ0n) is 18.0. The van der Waals surface area contributed by atoms with Crippen molar-refractivity contribution in [1.82, 2.24) is 0 Å². The average molecular weight is 477 g/mol. The van der Waals surface area contributed by atoms with E-state index in [1.807, 2.05) is 0 Å². The molecule has 3 aromatic rings. The summed E-state index contributed by atoms with van der Waals surface area (Å²) >= 11 is 0. The molecule has 0 amide bonds. The SMILES string of the molecule is CC(COS(=O)(=O)C1=CC(=[N+]=[N-])C(=O)c2ccccc21)(c1ccccc1O)c1ccccc1O. The van der Waals surface area contributed by atoms with Crippen LogP contribution >= 0.6 is 0 Å². The van der Waals surface area contributed by atoms with Gasteiger partial charge in [-0.2, -0.15) is 13.2 Å². The van der Waals surface area contributed by atoms with Crippen molar-refractivity contribution in [1.29, 1.82) is 0 Å². The molecular weight excluding hydrogens is 456 g/mol. The van der Waals surface area contributed by atoms with E-state index in [0.717, 1.165) is 6.08 Å². The Labute approximate surface area is 196 Å². The van der Waals surface area contributed by atoms with Crippen LogP contribution in [0.15, 0.2) is 78.9 Å². The van der Waals surface area contributed by atoms with Crippen LogP contribution < -0.4 is 0 Å². The highest BCUT2D eigenvalue weighted by molar-refractivity contribution is 7.96. The molecule has 0 atom stereocenters. The number of carbonyl (C=O) groups excluding carboxylic acids is 1. The second-order valence-electron chi connectivity index (χ2n) is 7.95. The largest absolute Gasteiger partial charge is 0.508 e. The first kappa shape index (κ1) is 23.1. The minimum atomic E-state index is -4.48. The van der Waals surface area contributed by atoms with Crippen molar-refractivity contribution in [3.05, 3.63) is 107 Å². The normalized spacial score (nSPS) is 13.7. The molecule has 1 aliphatic carbocycles. The highest BCUT2D eigenvalue weighted by atomic mass is 32.2. The predicted octanol–water partition coefficient (Wildman–Crippen LogP) is 3.66. The van der Waals surface area contributed by atoms with Crippen LogP contribution in [0, 0.1) is 0 Å². The quantitative estimate of drug-likeness (QED) is 0.316. The van der Waals surface area contributed by atoms with Crippen molar-refractivity contribution in [2.75, 3.05) is 6.61 Å². The molecule has 8 nitrogen and oxygen atoms in total. The Hall–Kier alpha value is -4.04. The van der Waals surface area contributed by atoms with Crippen molar-refractivity contribution >= 4 is 26.5 Å². The fraction of sp³-hybridized carbons (Fsp3) is 0.120. The summed E-state index contributed by atoms with van der Waals surface area (Å²) in [6.07, 6.45) is 0.956. The van der Waals surface area contributed by atoms with Crippen LogP contribution in [0.3, 0.4) is 0 Å². The molecule has 4 rings (SSSR count). The maximum absolute atomic E-state index is 13.3. The maximum atomic E-state index is 13.3. The number of benzene rings is 3. The molecule has 34 heavy (non-hydrogen) atoms. The van der Waals surface area contributed by atoms with Gasteiger partial charge in [-0.3, -0.25) is 8.98 Å².